The number of imidazole rings is 1. The molecule has 0 aliphatic heterocycles. The predicted molar refractivity (Wildman–Crippen MR) is 81.4 cm³/mol. The fraction of sp³-hybridized carbons (Fsp3) is 0.562. The van der Waals surface area contributed by atoms with E-state index in [2.05, 4.69) is 49.0 Å². The SMILES string of the molecule is CCC(CC)CNCCc1nc2ccccc2n1C. The van der Waals surface area contributed by atoms with Crippen molar-refractivity contribution in [3.63, 3.8) is 0 Å². The van der Waals surface area contributed by atoms with Crippen LogP contribution in [-0.2, 0) is 13.5 Å². The van der Waals surface area contributed by atoms with Crippen LogP contribution >= 0.6 is 0 Å². The van der Waals surface area contributed by atoms with Crippen LogP contribution in [0.1, 0.15) is 32.5 Å². The monoisotopic (exact) mass is 259 g/mol. The number of para-hydroxylation sites is 2. The van der Waals surface area contributed by atoms with Crippen LogP contribution in [-0.4, -0.2) is 22.6 Å². The molecule has 0 amide bonds. The highest BCUT2D eigenvalue weighted by atomic mass is 15.1. The summed E-state index contributed by atoms with van der Waals surface area (Å²) in [5.41, 5.74) is 2.32. The van der Waals surface area contributed by atoms with Crippen molar-refractivity contribution in [3.05, 3.63) is 30.1 Å². The first-order chi connectivity index (χ1) is 9.26. The number of benzene rings is 1. The van der Waals surface area contributed by atoms with E-state index in [-0.39, 0.29) is 0 Å². The van der Waals surface area contributed by atoms with E-state index in [0.29, 0.717) is 0 Å². The van der Waals surface area contributed by atoms with Gasteiger partial charge in [0.25, 0.3) is 0 Å². The molecular weight excluding hydrogens is 234 g/mol. The molecule has 1 heterocycles. The maximum Gasteiger partial charge on any atom is 0.110 e. The number of fused-ring (bicyclic) bond motifs is 1. The second-order valence-corrected chi connectivity index (χ2v) is 5.21. The number of aryl methyl sites for hydroxylation is 1. The first-order valence-corrected chi connectivity index (χ1v) is 7.37. The number of nitrogens with zero attached hydrogens (tertiary/aromatic N) is 2. The molecule has 1 aromatic carbocycles. The Morgan fingerprint density at radius 3 is 2.63 bits per heavy atom. The Kier molecular flexibility index (Phi) is 4.97. The highest BCUT2D eigenvalue weighted by Crippen LogP contribution is 2.14. The summed E-state index contributed by atoms with van der Waals surface area (Å²) in [6.07, 6.45) is 3.51. The van der Waals surface area contributed by atoms with E-state index in [4.69, 9.17) is 4.98 Å². The average molecular weight is 259 g/mol. The zero-order valence-electron chi connectivity index (χ0n) is 12.3. The van der Waals surface area contributed by atoms with Crippen molar-refractivity contribution < 1.29 is 0 Å². The Morgan fingerprint density at radius 1 is 1.21 bits per heavy atom. The van der Waals surface area contributed by atoms with Gasteiger partial charge in [-0.1, -0.05) is 38.8 Å². The minimum Gasteiger partial charge on any atom is -0.331 e. The first-order valence-electron chi connectivity index (χ1n) is 7.37. The topological polar surface area (TPSA) is 29.9 Å². The van der Waals surface area contributed by atoms with Gasteiger partial charge in [0.15, 0.2) is 0 Å². The minimum atomic E-state index is 0.806. The van der Waals surface area contributed by atoms with Crippen molar-refractivity contribution in [2.24, 2.45) is 13.0 Å². The molecule has 0 atom stereocenters. The van der Waals surface area contributed by atoms with E-state index in [9.17, 15) is 0 Å². The standard InChI is InChI=1S/C16H25N3/c1-4-13(5-2)12-17-11-10-16-18-14-8-6-7-9-15(14)19(16)3/h6-9,13,17H,4-5,10-12H2,1-3H3. The smallest absolute Gasteiger partial charge is 0.110 e. The maximum absolute atomic E-state index is 4.69. The number of nitrogens with one attached hydrogen (secondary N) is 1. The molecule has 0 spiro atoms. The number of aromatic nitrogens is 2. The van der Waals surface area contributed by atoms with Crippen LogP contribution in [0.5, 0.6) is 0 Å². The molecule has 0 unspecified atom stereocenters. The molecule has 0 saturated heterocycles. The number of rotatable bonds is 7. The normalized spacial score (nSPS) is 11.6. The van der Waals surface area contributed by atoms with Gasteiger partial charge in [0, 0.05) is 20.0 Å². The molecule has 1 aromatic heterocycles. The van der Waals surface area contributed by atoms with E-state index in [1.54, 1.807) is 0 Å². The van der Waals surface area contributed by atoms with Crippen molar-refractivity contribution >= 4 is 11.0 Å². The molecule has 3 heteroatoms. The molecule has 0 saturated carbocycles. The lowest BCUT2D eigenvalue weighted by Crippen LogP contribution is -2.25. The lowest BCUT2D eigenvalue weighted by atomic mass is 10.0. The van der Waals surface area contributed by atoms with Crippen LogP contribution in [0.25, 0.3) is 11.0 Å². The fourth-order valence-electron chi connectivity index (χ4n) is 2.50. The molecule has 2 rings (SSSR count). The summed E-state index contributed by atoms with van der Waals surface area (Å²) in [4.78, 5) is 4.69. The highest BCUT2D eigenvalue weighted by molar-refractivity contribution is 5.75. The molecule has 0 bridgehead atoms. The fourth-order valence-corrected chi connectivity index (χ4v) is 2.50. The summed E-state index contributed by atoms with van der Waals surface area (Å²) in [6, 6.07) is 8.32. The molecular formula is C16H25N3. The summed E-state index contributed by atoms with van der Waals surface area (Å²) < 4.78 is 2.20. The van der Waals surface area contributed by atoms with Crippen molar-refractivity contribution in [1.29, 1.82) is 0 Å². The molecule has 0 fully saturated rings. The van der Waals surface area contributed by atoms with Gasteiger partial charge < -0.3 is 9.88 Å². The van der Waals surface area contributed by atoms with Gasteiger partial charge in [0.1, 0.15) is 5.82 Å². The third-order valence-corrected chi connectivity index (χ3v) is 3.99. The zero-order chi connectivity index (χ0) is 13.7. The molecule has 1 N–H and O–H groups in total. The second kappa shape index (κ2) is 6.71. The van der Waals surface area contributed by atoms with Crippen molar-refractivity contribution in [2.75, 3.05) is 13.1 Å². The van der Waals surface area contributed by atoms with Gasteiger partial charge in [-0.3, -0.25) is 0 Å². The Bertz CT molecular complexity index is 512. The van der Waals surface area contributed by atoms with Crippen LogP contribution in [0, 0.1) is 5.92 Å². The predicted octanol–water partition coefficient (Wildman–Crippen LogP) is 3.14. The van der Waals surface area contributed by atoms with Crippen molar-refractivity contribution in [3.8, 4) is 0 Å². The number of hydrogen-bond acceptors (Lipinski definition) is 2. The van der Waals surface area contributed by atoms with E-state index in [1.165, 1.54) is 24.2 Å². The lowest BCUT2D eigenvalue weighted by Gasteiger charge is -2.12. The summed E-state index contributed by atoms with van der Waals surface area (Å²) in [7, 11) is 2.10. The molecule has 3 nitrogen and oxygen atoms in total. The van der Waals surface area contributed by atoms with Crippen LogP contribution < -0.4 is 5.32 Å². The highest BCUT2D eigenvalue weighted by Gasteiger charge is 2.07. The minimum absolute atomic E-state index is 0.806. The second-order valence-electron chi connectivity index (χ2n) is 5.21. The van der Waals surface area contributed by atoms with Crippen LogP contribution in [0.3, 0.4) is 0 Å². The van der Waals surface area contributed by atoms with Crippen LogP contribution in [0.2, 0.25) is 0 Å². The largest absolute Gasteiger partial charge is 0.331 e. The third-order valence-electron chi connectivity index (χ3n) is 3.99. The number of hydrogen-bond donors (Lipinski definition) is 1. The maximum atomic E-state index is 4.69. The molecule has 0 aliphatic carbocycles. The molecule has 19 heavy (non-hydrogen) atoms. The molecule has 0 aliphatic rings. The van der Waals surface area contributed by atoms with Gasteiger partial charge in [0.2, 0.25) is 0 Å². The van der Waals surface area contributed by atoms with Crippen LogP contribution in [0.4, 0.5) is 0 Å². The first kappa shape index (κ1) is 14.1. The Balaban J connectivity index is 1.90. The Morgan fingerprint density at radius 2 is 1.95 bits per heavy atom. The third kappa shape index (κ3) is 3.35. The quantitative estimate of drug-likeness (QED) is 0.774. The zero-order valence-corrected chi connectivity index (χ0v) is 12.3. The summed E-state index contributed by atoms with van der Waals surface area (Å²) >= 11 is 0. The van der Waals surface area contributed by atoms with Gasteiger partial charge in [-0.25, -0.2) is 4.98 Å². The van der Waals surface area contributed by atoms with Gasteiger partial charge in [0.05, 0.1) is 11.0 Å². The van der Waals surface area contributed by atoms with Gasteiger partial charge in [-0.2, -0.15) is 0 Å². The molecule has 0 radical (unpaired) electrons. The van der Waals surface area contributed by atoms with Gasteiger partial charge >= 0.3 is 0 Å². The lowest BCUT2D eigenvalue weighted by molar-refractivity contribution is 0.450. The van der Waals surface area contributed by atoms with Crippen LogP contribution in [0.15, 0.2) is 24.3 Å². The average Bonchev–Trinajstić information content (AvgIpc) is 2.76. The van der Waals surface area contributed by atoms with Gasteiger partial charge in [-0.05, 0) is 24.6 Å². The molecule has 2 aromatic rings. The van der Waals surface area contributed by atoms with E-state index in [0.717, 1.165) is 30.9 Å². The Hall–Kier alpha value is -1.35. The van der Waals surface area contributed by atoms with Gasteiger partial charge in [-0.15, -0.1) is 0 Å². The van der Waals surface area contributed by atoms with Crippen molar-refractivity contribution in [1.82, 2.24) is 14.9 Å². The van der Waals surface area contributed by atoms with E-state index >= 15 is 0 Å². The van der Waals surface area contributed by atoms with E-state index in [1.807, 2.05) is 6.07 Å². The summed E-state index contributed by atoms with van der Waals surface area (Å²) in [5, 5.41) is 3.55. The van der Waals surface area contributed by atoms with Crippen molar-refractivity contribution in [2.45, 2.75) is 33.1 Å². The summed E-state index contributed by atoms with van der Waals surface area (Å²) in [5.74, 6) is 1.97. The molecule has 104 valence electrons. The Labute approximate surface area is 116 Å². The van der Waals surface area contributed by atoms with E-state index < -0.39 is 0 Å². The summed E-state index contributed by atoms with van der Waals surface area (Å²) in [6.45, 7) is 6.66.